The molecule has 0 spiro atoms. The highest BCUT2D eigenvalue weighted by Gasteiger charge is 2.13. The number of hydrogen-bond acceptors (Lipinski definition) is 6. The van der Waals surface area contributed by atoms with E-state index in [0.717, 1.165) is 22.7 Å². The van der Waals surface area contributed by atoms with Gasteiger partial charge in [0.05, 0.1) is 5.75 Å². The van der Waals surface area contributed by atoms with Crippen molar-refractivity contribution < 1.29 is 9.59 Å². The van der Waals surface area contributed by atoms with E-state index in [2.05, 4.69) is 20.8 Å². The Labute approximate surface area is 178 Å². The Kier molecular flexibility index (Phi) is 7.77. The van der Waals surface area contributed by atoms with Crippen LogP contribution in [0, 0.1) is 6.92 Å². The van der Waals surface area contributed by atoms with Crippen molar-refractivity contribution in [1.82, 2.24) is 15.5 Å². The molecular weight excluding hydrogens is 404 g/mol. The summed E-state index contributed by atoms with van der Waals surface area (Å²) in [6.07, 6.45) is 0.813. The average Bonchev–Trinajstić information content (AvgIpc) is 3.20. The van der Waals surface area contributed by atoms with Crippen molar-refractivity contribution in [2.24, 2.45) is 0 Å². The number of thioether (sulfide) groups is 1. The van der Waals surface area contributed by atoms with Crippen molar-refractivity contribution >= 4 is 40.6 Å². The van der Waals surface area contributed by atoms with Crippen LogP contribution in [0.4, 0.5) is 5.69 Å². The number of hydrogen-bond donors (Lipinski definition) is 2. The molecule has 1 aromatic heterocycles. The van der Waals surface area contributed by atoms with Gasteiger partial charge in [0, 0.05) is 18.0 Å². The van der Waals surface area contributed by atoms with Gasteiger partial charge < -0.3 is 10.6 Å². The van der Waals surface area contributed by atoms with E-state index in [1.54, 1.807) is 0 Å². The smallest absolute Gasteiger partial charge is 0.286 e. The molecule has 29 heavy (non-hydrogen) atoms. The SMILES string of the molecule is Cc1ccc(NC(=O)c2nnc(CSCC(=O)NCCc3ccccc3)s2)cc1. The van der Waals surface area contributed by atoms with Crippen LogP contribution in [0.3, 0.4) is 0 Å². The van der Waals surface area contributed by atoms with Crippen molar-refractivity contribution in [3.63, 3.8) is 0 Å². The molecule has 1 heterocycles. The van der Waals surface area contributed by atoms with Crippen molar-refractivity contribution in [2.75, 3.05) is 17.6 Å². The van der Waals surface area contributed by atoms with Gasteiger partial charge in [0.1, 0.15) is 5.01 Å². The molecule has 0 radical (unpaired) electrons. The van der Waals surface area contributed by atoms with Gasteiger partial charge in [0.2, 0.25) is 10.9 Å². The predicted octanol–water partition coefficient (Wildman–Crippen LogP) is 3.69. The fourth-order valence-corrected chi connectivity index (χ4v) is 4.14. The third-order valence-electron chi connectivity index (χ3n) is 4.01. The van der Waals surface area contributed by atoms with E-state index in [1.807, 2.05) is 61.5 Å². The summed E-state index contributed by atoms with van der Waals surface area (Å²) in [5, 5.41) is 14.8. The summed E-state index contributed by atoms with van der Waals surface area (Å²) in [5.41, 5.74) is 3.05. The van der Waals surface area contributed by atoms with Crippen LogP contribution in [0.5, 0.6) is 0 Å². The Hall–Kier alpha value is -2.71. The second kappa shape index (κ2) is 10.7. The van der Waals surface area contributed by atoms with Crippen LogP contribution in [0.1, 0.15) is 25.9 Å². The fourth-order valence-electron chi connectivity index (χ4n) is 2.50. The summed E-state index contributed by atoms with van der Waals surface area (Å²) in [4.78, 5) is 24.2. The topological polar surface area (TPSA) is 84.0 Å². The second-order valence-electron chi connectivity index (χ2n) is 6.40. The number of nitrogens with zero attached hydrogens (tertiary/aromatic N) is 2. The third-order valence-corrected chi connectivity index (χ3v) is 6.06. The molecule has 8 heteroatoms. The Balaban J connectivity index is 1.37. The highest BCUT2D eigenvalue weighted by Crippen LogP contribution is 2.18. The zero-order chi connectivity index (χ0) is 20.5. The van der Waals surface area contributed by atoms with Crippen molar-refractivity contribution in [1.29, 1.82) is 0 Å². The average molecular weight is 427 g/mol. The number of carbonyl (C=O) groups excluding carboxylic acids is 2. The zero-order valence-electron chi connectivity index (χ0n) is 16.1. The Morgan fingerprint density at radius 2 is 1.79 bits per heavy atom. The van der Waals surface area contributed by atoms with Crippen LogP contribution in [-0.2, 0) is 17.0 Å². The molecule has 6 nitrogen and oxygen atoms in total. The number of amides is 2. The van der Waals surface area contributed by atoms with Crippen LogP contribution in [0.15, 0.2) is 54.6 Å². The van der Waals surface area contributed by atoms with Crippen LogP contribution in [0.25, 0.3) is 0 Å². The van der Waals surface area contributed by atoms with Gasteiger partial charge in [-0.1, -0.05) is 59.4 Å². The minimum atomic E-state index is -0.277. The molecule has 0 saturated carbocycles. The first-order valence-electron chi connectivity index (χ1n) is 9.19. The lowest BCUT2D eigenvalue weighted by Crippen LogP contribution is -2.27. The Bertz CT molecular complexity index is 943. The zero-order valence-corrected chi connectivity index (χ0v) is 17.7. The highest BCUT2D eigenvalue weighted by molar-refractivity contribution is 7.99. The van der Waals surface area contributed by atoms with E-state index in [0.29, 0.717) is 23.1 Å². The molecule has 2 aromatic carbocycles. The summed E-state index contributed by atoms with van der Waals surface area (Å²) < 4.78 is 0. The van der Waals surface area contributed by atoms with E-state index in [9.17, 15) is 9.59 Å². The van der Waals surface area contributed by atoms with Crippen LogP contribution in [-0.4, -0.2) is 34.3 Å². The number of aromatic nitrogens is 2. The highest BCUT2D eigenvalue weighted by atomic mass is 32.2. The van der Waals surface area contributed by atoms with Gasteiger partial charge in [-0.3, -0.25) is 9.59 Å². The first-order chi connectivity index (χ1) is 14.1. The molecule has 0 aliphatic carbocycles. The van der Waals surface area contributed by atoms with Crippen LogP contribution < -0.4 is 10.6 Å². The van der Waals surface area contributed by atoms with Gasteiger partial charge >= 0.3 is 0 Å². The van der Waals surface area contributed by atoms with E-state index >= 15 is 0 Å². The molecule has 2 N–H and O–H groups in total. The van der Waals surface area contributed by atoms with Gasteiger partial charge in [-0.25, -0.2) is 0 Å². The van der Waals surface area contributed by atoms with Crippen LogP contribution >= 0.6 is 23.1 Å². The van der Waals surface area contributed by atoms with Crippen molar-refractivity contribution in [3.8, 4) is 0 Å². The molecule has 3 rings (SSSR count). The number of aryl methyl sites for hydroxylation is 1. The molecule has 0 aliphatic rings. The van der Waals surface area contributed by atoms with Crippen molar-refractivity contribution in [3.05, 3.63) is 75.7 Å². The van der Waals surface area contributed by atoms with Gasteiger partial charge in [-0.2, -0.15) is 0 Å². The quantitative estimate of drug-likeness (QED) is 0.545. The lowest BCUT2D eigenvalue weighted by molar-refractivity contribution is -0.118. The minimum Gasteiger partial charge on any atom is -0.355 e. The normalized spacial score (nSPS) is 10.5. The van der Waals surface area contributed by atoms with E-state index < -0.39 is 0 Å². The number of benzene rings is 2. The number of carbonyl (C=O) groups is 2. The number of anilines is 1. The molecular formula is C21H22N4O2S2. The summed E-state index contributed by atoms with van der Waals surface area (Å²) >= 11 is 2.70. The van der Waals surface area contributed by atoms with Gasteiger partial charge in [0.25, 0.3) is 5.91 Å². The largest absolute Gasteiger partial charge is 0.355 e. The van der Waals surface area contributed by atoms with Gasteiger partial charge in [-0.05, 0) is 31.0 Å². The monoisotopic (exact) mass is 426 g/mol. The maximum absolute atomic E-state index is 12.3. The molecule has 0 aliphatic heterocycles. The third kappa shape index (κ3) is 6.99. The summed E-state index contributed by atoms with van der Waals surface area (Å²) in [6.45, 7) is 2.61. The molecule has 3 aromatic rings. The summed E-state index contributed by atoms with van der Waals surface area (Å²) in [6, 6.07) is 17.6. The van der Waals surface area contributed by atoms with Gasteiger partial charge in [-0.15, -0.1) is 22.0 Å². The van der Waals surface area contributed by atoms with Crippen molar-refractivity contribution in [2.45, 2.75) is 19.1 Å². The fraction of sp³-hybridized carbons (Fsp3) is 0.238. The van der Waals surface area contributed by atoms with E-state index in [1.165, 1.54) is 28.7 Å². The number of nitrogens with one attached hydrogen (secondary N) is 2. The molecule has 0 bridgehead atoms. The molecule has 150 valence electrons. The van der Waals surface area contributed by atoms with Gasteiger partial charge in [0.15, 0.2) is 0 Å². The standard InChI is InChI=1S/C21H22N4O2S2/c1-15-7-9-17(10-8-15)23-20(27)21-25-24-19(29-21)14-28-13-18(26)22-12-11-16-5-3-2-4-6-16/h2-10H,11-14H2,1H3,(H,22,26)(H,23,27). The summed E-state index contributed by atoms with van der Waals surface area (Å²) in [7, 11) is 0. The molecule has 2 amide bonds. The number of rotatable bonds is 9. The Morgan fingerprint density at radius 3 is 2.55 bits per heavy atom. The first kappa shape index (κ1) is 21.0. The predicted molar refractivity (Wildman–Crippen MR) is 118 cm³/mol. The van der Waals surface area contributed by atoms with E-state index in [4.69, 9.17) is 0 Å². The lowest BCUT2D eigenvalue weighted by Gasteiger charge is -2.04. The molecule has 0 fully saturated rings. The maximum atomic E-state index is 12.3. The first-order valence-corrected chi connectivity index (χ1v) is 11.2. The maximum Gasteiger partial charge on any atom is 0.286 e. The molecule has 0 atom stereocenters. The van der Waals surface area contributed by atoms with E-state index in [-0.39, 0.29) is 11.8 Å². The minimum absolute atomic E-state index is 0.00668. The summed E-state index contributed by atoms with van der Waals surface area (Å²) in [5.74, 6) is 0.606. The molecule has 0 unspecified atom stereocenters. The van der Waals surface area contributed by atoms with Crippen LogP contribution in [0.2, 0.25) is 0 Å². The Morgan fingerprint density at radius 1 is 1.03 bits per heavy atom. The molecule has 0 saturated heterocycles. The lowest BCUT2D eigenvalue weighted by atomic mass is 10.1. The second-order valence-corrected chi connectivity index (χ2v) is 8.45.